The maximum atomic E-state index is 13.6. The lowest BCUT2D eigenvalue weighted by Gasteiger charge is -2.28. The molecule has 1 amide bonds. The maximum absolute atomic E-state index is 13.6. The van der Waals surface area contributed by atoms with Gasteiger partial charge >= 0.3 is 0 Å². The van der Waals surface area contributed by atoms with E-state index in [-0.39, 0.29) is 29.5 Å². The van der Waals surface area contributed by atoms with Gasteiger partial charge in [0.2, 0.25) is 0 Å². The zero-order chi connectivity index (χ0) is 27.5. The van der Waals surface area contributed by atoms with Crippen LogP contribution in [0.1, 0.15) is 42.6 Å². The summed E-state index contributed by atoms with van der Waals surface area (Å²) in [5.41, 5.74) is 2.33. The van der Waals surface area contributed by atoms with Gasteiger partial charge in [0.05, 0.1) is 43.3 Å². The number of dihydropyridines is 1. The van der Waals surface area contributed by atoms with Gasteiger partial charge in [0, 0.05) is 17.2 Å². The molecule has 1 aromatic carbocycles. The zero-order valence-corrected chi connectivity index (χ0v) is 22.8. The lowest BCUT2D eigenvalue weighted by atomic mass is 9.90. The number of nitrogens with zero attached hydrogens (tertiary/aromatic N) is 6. The Morgan fingerprint density at radius 2 is 2.00 bits per heavy atom. The first-order chi connectivity index (χ1) is 18.9. The number of fused-ring (bicyclic) bond motifs is 1. The largest absolute Gasteiger partial charge is 0.496 e. The number of aromatic nitrogens is 6. The first-order valence-electron chi connectivity index (χ1n) is 12.5. The van der Waals surface area contributed by atoms with Crippen molar-refractivity contribution in [1.29, 1.82) is 0 Å². The molecular weight excluding hydrogens is 520 g/mol. The van der Waals surface area contributed by atoms with Crippen LogP contribution < -0.4 is 14.8 Å². The van der Waals surface area contributed by atoms with Crippen molar-refractivity contribution in [3.63, 3.8) is 0 Å². The van der Waals surface area contributed by atoms with Crippen LogP contribution in [0.4, 0.5) is 0 Å². The predicted molar refractivity (Wildman–Crippen MR) is 148 cm³/mol. The molecule has 0 saturated carbocycles. The van der Waals surface area contributed by atoms with Gasteiger partial charge in [0.15, 0.2) is 11.5 Å². The summed E-state index contributed by atoms with van der Waals surface area (Å²) in [4.78, 5) is 18.2. The number of hydrogen-bond acceptors (Lipinski definition) is 8. The highest BCUT2D eigenvalue weighted by molar-refractivity contribution is 6.31. The van der Waals surface area contributed by atoms with Crippen molar-refractivity contribution >= 4 is 29.4 Å². The molecule has 1 aliphatic carbocycles. The molecule has 11 nitrogen and oxygen atoms in total. The molecule has 3 atom stereocenters. The summed E-state index contributed by atoms with van der Waals surface area (Å²) in [5.74, 6) is 1.34. The normalized spacial score (nSPS) is 18.8. The summed E-state index contributed by atoms with van der Waals surface area (Å²) >= 11 is 6.26. The molecule has 0 radical (unpaired) electrons. The van der Waals surface area contributed by atoms with E-state index in [2.05, 4.69) is 44.8 Å². The molecule has 39 heavy (non-hydrogen) atoms. The highest BCUT2D eigenvalue weighted by Crippen LogP contribution is 2.42. The third kappa shape index (κ3) is 5.35. The molecule has 202 valence electrons. The van der Waals surface area contributed by atoms with Crippen LogP contribution >= 0.6 is 11.6 Å². The van der Waals surface area contributed by atoms with Crippen molar-refractivity contribution < 1.29 is 14.3 Å². The summed E-state index contributed by atoms with van der Waals surface area (Å²) < 4.78 is 13.1. The second kappa shape index (κ2) is 11.2. The Morgan fingerprint density at radius 1 is 1.23 bits per heavy atom. The van der Waals surface area contributed by atoms with Crippen molar-refractivity contribution in [2.24, 2.45) is 16.8 Å². The van der Waals surface area contributed by atoms with Crippen molar-refractivity contribution in [2.45, 2.75) is 32.4 Å². The Bertz CT molecular complexity index is 1450. The second-order valence-electron chi connectivity index (χ2n) is 9.61. The molecule has 0 saturated heterocycles. The van der Waals surface area contributed by atoms with Crippen LogP contribution in [0.15, 0.2) is 58.6 Å². The minimum atomic E-state index is -0.440. The number of hydrogen-bond donors (Lipinski definition) is 2. The molecule has 3 unspecified atom stereocenters. The van der Waals surface area contributed by atoms with E-state index in [1.165, 1.54) is 0 Å². The van der Waals surface area contributed by atoms with Crippen LogP contribution in [0.3, 0.4) is 0 Å². The van der Waals surface area contributed by atoms with E-state index in [1.54, 1.807) is 31.2 Å². The number of carbonyl (C=O) groups is 1. The average molecular weight is 549 g/mol. The van der Waals surface area contributed by atoms with Gasteiger partial charge in [-0.25, -0.2) is 4.68 Å². The van der Waals surface area contributed by atoms with Crippen LogP contribution in [0.5, 0.6) is 11.5 Å². The second-order valence-corrected chi connectivity index (χ2v) is 10.0. The summed E-state index contributed by atoms with van der Waals surface area (Å²) in [5, 5.41) is 22.7. The molecule has 3 aromatic rings. The van der Waals surface area contributed by atoms with E-state index in [0.717, 1.165) is 5.70 Å². The molecule has 0 spiro atoms. The quantitative estimate of drug-likeness (QED) is 0.409. The first kappa shape index (κ1) is 26.4. The Balaban J connectivity index is 1.61. The Hall–Kier alpha value is -4.25. The number of ether oxygens (including phenoxy) is 2. The topological polar surface area (TPSA) is 132 Å². The molecule has 2 aliphatic rings. The Labute approximate surface area is 230 Å². The number of allylic oxidation sites excluding steroid dienone is 3. The average Bonchev–Trinajstić information content (AvgIpc) is 3.62. The third-order valence-electron chi connectivity index (χ3n) is 6.56. The van der Waals surface area contributed by atoms with E-state index >= 15 is 0 Å². The maximum Gasteiger partial charge on any atom is 0.272 e. The van der Waals surface area contributed by atoms with Crippen molar-refractivity contribution in [1.82, 2.24) is 35.7 Å². The number of rotatable bonds is 9. The third-order valence-corrected chi connectivity index (χ3v) is 6.81. The van der Waals surface area contributed by atoms with Gasteiger partial charge in [0.1, 0.15) is 11.5 Å². The van der Waals surface area contributed by atoms with E-state index in [9.17, 15) is 4.79 Å². The van der Waals surface area contributed by atoms with Gasteiger partial charge in [-0.1, -0.05) is 42.8 Å². The molecular formula is C27H29ClN8O3. The van der Waals surface area contributed by atoms with Gasteiger partial charge in [-0.05, 0) is 48.8 Å². The molecule has 0 bridgehead atoms. The summed E-state index contributed by atoms with van der Waals surface area (Å²) in [7, 11) is 3.18. The smallest absolute Gasteiger partial charge is 0.272 e. The predicted octanol–water partition coefficient (Wildman–Crippen LogP) is 4.20. The summed E-state index contributed by atoms with van der Waals surface area (Å²) in [6.07, 6.45) is 9.99. The van der Waals surface area contributed by atoms with Crippen LogP contribution in [-0.2, 0) is 0 Å². The monoisotopic (exact) mass is 548 g/mol. The number of tetrazole rings is 1. The minimum absolute atomic E-state index is 0.138. The van der Waals surface area contributed by atoms with Gasteiger partial charge in [-0.15, -0.1) is 10.2 Å². The van der Waals surface area contributed by atoms with E-state index < -0.39 is 6.04 Å². The number of amides is 1. The van der Waals surface area contributed by atoms with Crippen LogP contribution in [0.2, 0.25) is 0 Å². The number of aromatic amines is 1. The molecule has 5 rings (SSSR count). The van der Waals surface area contributed by atoms with Crippen molar-refractivity contribution in [2.75, 3.05) is 14.2 Å². The van der Waals surface area contributed by atoms with Gasteiger partial charge in [0.25, 0.3) is 5.91 Å². The van der Waals surface area contributed by atoms with Crippen LogP contribution in [0, 0.1) is 11.8 Å². The van der Waals surface area contributed by atoms with Crippen LogP contribution in [-0.4, -0.2) is 62.8 Å². The Morgan fingerprint density at radius 3 is 2.67 bits per heavy atom. The van der Waals surface area contributed by atoms with Crippen molar-refractivity contribution in [3.05, 3.63) is 65.1 Å². The molecule has 3 heterocycles. The molecule has 12 heteroatoms. The lowest BCUT2D eigenvalue weighted by molar-refractivity contribution is 0.0924. The molecule has 2 N–H and O–H groups in total. The number of benzene rings is 1. The fourth-order valence-corrected chi connectivity index (χ4v) is 5.00. The van der Waals surface area contributed by atoms with E-state index in [1.807, 2.05) is 42.5 Å². The molecule has 0 fully saturated rings. The van der Waals surface area contributed by atoms with Gasteiger partial charge in [-0.3, -0.25) is 9.79 Å². The number of nitrogens with one attached hydrogen (secondary N) is 2. The first-order valence-corrected chi connectivity index (χ1v) is 12.9. The van der Waals surface area contributed by atoms with Gasteiger partial charge in [-0.2, -0.15) is 10.3 Å². The number of aliphatic imine (C=N–C) groups is 1. The Kier molecular flexibility index (Phi) is 7.60. The summed E-state index contributed by atoms with van der Waals surface area (Å²) in [6, 6.07) is 6.62. The van der Waals surface area contributed by atoms with E-state index in [4.69, 9.17) is 26.2 Å². The summed E-state index contributed by atoms with van der Waals surface area (Å²) in [6.45, 7) is 4.12. The highest BCUT2D eigenvalue weighted by atomic mass is 35.5. The number of carbonyl (C=O) groups excluding carboxylic acids is 1. The SMILES string of the molecule is COc1cccc(OC)c1-c1cc(C(=O)NC(CC(C)C)c2nn[nH]n2)nn1C1=CC=NC2C=C(Cl)C=CC12. The van der Waals surface area contributed by atoms with Crippen LogP contribution in [0.25, 0.3) is 17.0 Å². The highest BCUT2D eigenvalue weighted by Gasteiger charge is 2.31. The minimum Gasteiger partial charge on any atom is -0.496 e. The van der Waals surface area contributed by atoms with E-state index in [0.29, 0.717) is 40.0 Å². The lowest BCUT2D eigenvalue weighted by Crippen LogP contribution is -2.31. The fourth-order valence-electron chi connectivity index (χ4n) is 4.80. The number of methoxy groups -OCH3 is 2. The fraction of sp³-hybridized carbons (Fsp3) is 0.333. The van der Waals surface area contributed by atoms with Gasteiger partial charge < -0.3 is 14.8 Å². The molecule has 1 aliphatic heterocycles. The standard InChI is InChI=1S/C27H29ClN8O3/c1-15(2)12-19(26-31-34-35-32-26)30-27(37)20-14-22(25-23(38-3)6-5-7-24(25)39-4)36(33-20)21-10-11-29-18-13-16(28)8-9-17(18)21/h5-11,13-15,17-19H,12H2,1-4H3,(H,30,37)(H,31,32,34,35). The zero-order valence-electron chi connectivity index (χ0n) is 22.0. The van der Waals surface area contributed by atoms with Crippen molar-refractivity contribution in [3.8, 4) is 22.8 Å². The molecule has 2 aromatic heterocycles. The number of H-pyrrole nitrogens is 1. The number of halogens is 1.